The summed E-state index contributed by atoms with van der Waals surface area (Å²) in [6, 6.07) is 7.88. The van der Waals surface area contributed by atoms with Crippen molar-refractivity contribution in [2.24, 2.45) is 0 Å². The molecule has 0 radical (unpaired) electrons. The number of aryl methyl sites for hydroxylation is 1. The van der Waals surface area contributed by atoms with E-state index in [1.165, 1.54) is 11.3 Å². The third kappa shape index (κ3) is 4.29. The molecular formula is C14H19N3OS. The second kappa shape index (κ2) is 5.67. The molecule has 102 valence electrons. The van der Waals surface area contributed by atoms with Crippen LogP contribution >= 0.6 is 11.3 Å². The molecule has 0 atom stereocenters. The number of nitrogens with zero attached hydrogens (tertiary/aromatic N) is 2. The highest BCUT2D eigenvalue weighted by Crippen LogP contribution is 2.27. The van der Waals surface area contributed by atoms with Crippen LogP contribution in [-0.4, -0.2) is 15.7 Å². The molecule has 2 rings (SSSR count). The monoisotopic (exact) mass is 277 g/mol. The van der Waals surface area contributed by atoms with E-state index in [2.05, 4.69) is 36.3 Å². The summed E-state index contributed by atoms with van der Waals surface area (Å²) in [6.45, 7) is 9.09. The Balaban J connectivity index is 2.00. The summed E-state index contributed by atoms with van der Waals surface area (Å²) in [7, 11) is 0. The van der Waals surface area contributed by atoms with Crippen LogP contribution in [0.15, 0.2) is 24.3 Å². The molecule has 0 bridgehead atoms. The van der Waals surface area contributed by atoms with Crippen LogP contribution in [0.3, 0.4) is 0 Å². The van der Waals surface area contributed by atoms with Crippen LogP contribution in [0, 0.1) is 6.92 Å². The van der Waals surface area contributed by atoms with E-state index in [1.54, 1.807) is 0 Å². The van der Waals surface area contributed by atoms with Crippen molar-refractivity contribution in [1.29, 1.82) is 0 Å². The Kier molecular flexibility index (Phi) is 4.17. The van der Waals surface area contributed by atoms with Gasteiger partial charge in [-0.3, -0.25) is 0 Å². The number of nitrogens with one attached hydrogen (secondary N) is 1. The first-order chi connectivity index (χ1) is 8.94. The molecule has 0 fully saturated rings. The molecule has 0 spiro atoms. The van der Waals surface area contributed by atoms with Crippen molar-refractivity contribution in [1.82, 2.24) is 15.5 Å². The van der Waals surface area contributed by atoms with Gasteiger partial charge in [0.2, 0.25) is 0 Å². The first-order valence-electron chi connectivity index (χ1n) is 6.25. The molecule has 1 heterocycles. The third-order valence-electron chi connectivity index (χ3n) is 2.51. The first kappa shape index (κ1) is 14.0. The maximum Gasteiger partial charge on any atom is 0.299 e. The smallest absolute Gasteiger partial charge is 0.299 e. The molecule has 1 aromatic carbocycles. The summed E-state index contributed by atoms with van der Waals surface area (Å²) >= 11 is 1.47. The SMILES string of the molecule is Cc1ccccc1Oc1nnc(CNC(C)(C)C)s1. The number of rotatable bonds is 4. The van der Waals surface area contributed by atoms with Crippen molar-refractivity contribution in [3.05, 3.63) is 34.8 Å². The lowest BCUT2D eigenvalue weighted by atomic mass is 10.1. The second-order valence-corrected chi connectivity index (χ2v) is 6.46. The average Bonchev–Trinajstić information content (AvgIpc) is 2.77. The zero-order chi connectivity index (χ0) is 13.9. The largest absolute Gasteiger partial charge is 0.430 e. The van der Waals surface area contributed by atoms with Gasteiger partial charge in [-0.15, -0.1) is 5.10 Å². The highest BCUT2D eigenvalue weighted by atomic mass is 32.1. The number of hydrogen-bond acceptors (Lipinski definition) is 5. The summed E-state index contributed by atoms with van der Waals surface area (Å²) in [4.78, 5) is 0. The van der Waals surface area contributed by atoms with Gasteiger partial charge in [-0.2, -0.15) is 0 Å². The minimum Gasteiger partial charge on any atom is -0.430 e. The van der Waals surface area contributed by atoms with Crippen molar-refractivity contribution in [2.45, 2.75) is 39.8 Å². The molecule has 4 nitrogen and oxygen atoms in total. The summed E-state index contributed by atoms with van der Waals surface area (Å²) < 4.78 is 5.74. The number of ether oxygens (including phenoxy) is 1. The molecule has 5 heteroatoms. The molecular weight excluding hydrogens is 258 g/mol. The van der Waals surface area contributed by atoms with E-state index in [-0.39, 0.29) is 5.54 Å². The molecule has 0 unspecified atom stereocenters. The fourth-order valence-corrected chi connectivity index (χ4v) is 2.10. The molecule has 1 aromatic heterocycles. The molecule has 2 aromatic rings. The zero-order valence-corrected chi connectivity index (χ0v) is 12.5. The van der Waals surface area contributed by atoms with Crippen molar-refractivity contribution in [3.8, 4) is 10.9 Å². The highest BCUT2D eigenvalue weighted by Gasteiger charge is 2.12. The summed E-state index contributed by atoms with van der Waals surface area (Å²) in [5.74, 6) is 0.828. The molecule has 0 aliphatic rings. The molecule has 0 saturated heterocycles. The molecule has 1 N–H and O–H groups in total. The van der Waals surface area contributed by atoms with Gasteiger partial charge in [0.05, 0.1) is 6.54 Å². The van der Waals surface area contributed by atoms with Crippen molar-refractivity contribution >= 4 is 11.3 Å². The van der Waals surface area contributed by atoms with Gasteiger partial charge < -0.3 is 10.1 Å². The fourth-order valence-electron chi connectivity index (χ4n) is 1.46. The van der Waals surface area contributed by atoms with Gasteiger partial charge in [-0.1, -0.05) is 34.6 Å². The minimum absolute atomic E-state index is 0.0721. The van der Waals surface area contributed by atoms with Crippen molar-refractivity contribution < 1.29 is 4.74 Å². The normalized spacial score (nSPS) is 11.6. The fraction of sp³-hybridized carbons (Fsp3) is 0.429. The Morgan fingerprint density at radius 2 is 1.95 bits per heavy atom. The topological polar surface area (TPSA) is 47.0 Å². The minimum atomic E-state index is 0.0721. The zero-order valence-electron chi connectivity index (χ0n) is 11.7. The maximum absolute atomic E-state index is 5.74. The van der Waals surface area contributed by atoms with Gasteiger partial charge in [-0.05, 0) is 39.3 Å². The van der Waals surface area contributed by atoms with Gasteiger partial charge in [0.1, 0.15) is 10.8 Å². The van der Waals surface area contributed by atoms with Gasteiger partial charge in [0, 0.05) is 5.54 Å². The average molecular weight is 277 g/mol. The predicted octanol–water partition coefficient (Wildman–Crippen LogP) is 3.53. The van der Waals surface area contributed by atoms with Crippen molar-refractivity contribution in [3.63, 3.8) is 0 Å². The molecule has 0 aliphatic carbocycles. The Hall–Kier alpha value is -1.46. The Morgan fingerprint density at radius 1 is 1.21 bits per heavy atom. The molecule has 0 amide bonds. The van der Waals surface area contributed by atoms with E-state index < -0.39 is 0 Å². The van der Waals surface area contributed by atoms with E-state index in [1.807, 2.05) is 31.2 Å². The van der Waals surface area contributed by atoms with Crippen LogP contribution in [-0.2, 0) is 6.54 Å². The van der Waals surface area contributed by atoms with Gasteiger partial charge in [0.25, 0.3) is 5.19 Å². The first-order valence-corrected chi connectivity index (χ1v) is 7.06. The lowest BCUT2D eigenvalue weighted by Gasteiger charge is -2.19. The van der Waals surface area contributed by atoms with Crippen molar-refractivity contribution in [2.75, 3.05) is 0 Å². The molecule has 0 saturated carbocycles. The highest BCUT2D eigenvalue weighted by molar-refractivity contribution is 7.13. The summed E-state index contributed by atoms with van der Waals surface area (Å²) in [6.07, 6.45) is 0. The second-order valence-electron chi connectivity index (χ2n) is 5.43. The van der Waals surface area contributed by atoms with Crippen LogP contribution in [0.4, 0.5) is 0 Å². The van der Waals surface area contributed by atoms with E-state index in [9.17, 15) is 0 Å². The number of hydrogen-bond donors (Lipinski definition) is 1. The lowest BCUT2D eigenvalue weighted by molar-refractivity contribution is 0.423. The Labute approximate surface area is 117 Å². The molecule has 19 heavy (non-hydrogen) atoms. The standard InChI is InChI=1S/C14H19N3OS/c1-10-7-5-6-8-11(10)18-13-17-16-12(19-13)9-15-14(2,3)4/h5-8,15H,9H2,1-4H3. The Morgan fingerprint density at radius 3 is 2.63 bits per heavy atom. The summed E-state index contributed by atoms with van der Waals surface area (Å²) in [5.41, 5.74) is 1.16. The van der Waals surface area contributed by atoms with Crippen LogP contribution in [0.1, 0.15) is 31.3 Å². The van der Waals surface area contributed by atoms with Gasteiger partial charge >= 0.3 is 0 Å². The van der Waals surface area contributed by atoms with E-state index >= 15 is 0 Å². The van der Waals surface area contributed by atoms with Crippen LogP contribution in [0.2, 0.25) is 0 Å². The number of para-hydroxylation sites is 1. The maximum atomic E-state index is 5.74. The van der Waals surface area contributed by atoms with Gasteiger partial charge in [-0.25, -0.2) is 0 Å². The molecule has 0 aliphatic heterocycles. The van der Waals surface area contributed by atoms with Crippen LogP contribution < -0.4 is 10.1 Å². The lowest BCUT2D eigenvalue weighted by Crippen LogP contribution is -2.35. The van der Waals surface area contributed by atoms with E-state index in [4.69, 9.17) is 4.74 Å². The van der Waals surface area contributed by atoms with E-state index in [0.717, 1.165) is 16.3 Å². The third-order valence-corrected chi connectivity index (χ3v) is 3.31. The van der Waals surface area contributed by atoms with E-state index in [0.29, 0.717) is 11.7 Å². The van der Waals surface area contributed by atoms with Crippen LogP contribution in [0.25, 0.3) is 0 Å². The predicted molar refractivity (Wildman–Crippen MR) is 77.8 cm³/mol. The van der Waals surface area contributed by atoms with Crippen LogP contribution in [0.5, 0.6) is 10.9 Å². The Bertz CT molecular complexity index is 546. The summed E-state index contributed by atoms with van der Waals surface area (Å²) in [5, 5.41) is 13.1. The number of benzene rings is 1. The quantitative estimate of drug-likeness (QED) is 0.928. The van der Waals surface area contributed by atoms with Gasteiger partial charge in [0.15, 0.2) is 0 Å². The number of aromatic nitrogens is 2.